The number of rotatable bonds is 2. The van der Waals surface area contributed by atoms with E-state index in [1.54, 1.807) is 12.1 Å². The van der Waals surface area contributed by atoms with E-state index in [1.807, 2.05) is 6.92 Å². The van der Waals surface area contributed by atoms with Crippen LogP contribution in [0.1, 0.15) is 25.5 Å². The summed E-state index contributed by atoms with van der Waals surface area (Å²) in [4.78, 5) is 2.22. The van der Waals surface area contributed by atoms with Crippen molar-refractivity contribution in [2.24, 2.45) is 5.92 Å². The highest BCUT2D eigenvalue weighted by Gasteiger charge is 2.26. The molecular weight excluding hydrogens is 336 g/mol. The van der Waals surface area contributed by atoms with Gasteiger partial charge in [0.05, 0.1) is 22.0 Å². The Morgan fingerprint density at radius 1 is 1.13 bits per heavy atom. The molecule has 1 aliphatic rings. The largest absolute Gasteiger partial charge is 0.369 e. The quantitative estimate of drug-likeness (QED) is 0.748. The van der Waals surface area contributed by atoms with Crippen LogP contribution >= 0.6 is 23.2 Å². The monoisotopic (exact) mass is 353 g/mol. The van der Waals surface area contributed by atoms with Crippen LogP contribution in [-0.4, -0.2) is 23.3 Å². The molecule has 0 bridgehead atoms. The van der Waals surface area contributed by atoms with Gasteiger partial charge in [0.2, 0.25) is 0 Å². The third kappa shape index (κ3) is 3.15. The number of piperidine rings is 1. The van der Waals surface area contributed by atoms with Crippen LogP contribution in [0, 0.1) is 18.7 Å². The second kappa shape index (κ2) is 6.62. The molecule has 6 heteroatoms. The lowest BCUT2D eigenvalue weighted by molar-refractivity contribution is 0.438. The van der Waals surface area contributed by atoms with Crippen LogP contribution in [-0.2, 0) is 0 Å². The second-order valence-electron chi connectivity index (χ2n) is 6.07. The smallest absolute Gasteiger partial charge is 0.161 e. The maximum Gasteiger partial charge on any atom is 0.161 e. The molecule has 122 valence electrons. The number of anilines is 1. The van der Waals surface area contributed by atoms with E-state index in [9.17, 15) is 4.39 Å². The molecule has 1 aliphatic heterocycles. The molecule has 23 heavy (non-hydrogen) atoms. The summed E-state index contributed by atoms with van der Waals surface area (Å²) < 4.78 is 14.4. The van der Waals surface area contributed by atoms with Gasteiger partial charge < -0.3 is 4.90 Å². The summed E-state index contributed by atoms with van der Waals surface area (Å²) in [6.07, 6.45) is 2.17. The van der Waals surface area contributed by atoms with Gasteiger partial charge in [-0.05, 0) is 37.8 Å². The van der Waals surface area contributed by atoms with Gasteiger partial charge in [-0.25, -0.2) is 4.39 Å². The van der Waals surface area contributed by atoms with E-state index in [-0.39, 0.29) is 5.15 Å². The van der Waals surface area contributed by atoms with Crippen molar-refractivity contribution in [3.63, 3.8) is 0 Å². The van der Waals surface area contributed by atoms with Gasteiger partial charge in [-0.1, -0.05) is 36.2 Å². The zero-order chi connectivity index (χ0) is 16.6. The molecule has 0 unspecified atom stereocenters. The zero-order valence-electron chi connectivity index (χ0n) is 13.1. The summed E-state index contributed by atoms with van der Waals surface area (Å²) >= 11 is 12.6. The minimum Gasteiger partial charge on any atom is -0.369 e. The van der Waals surface area contributed by atoms with Gasteiger partial charge in [0.25, 0.3) is 0 Å². The molecule has 0 radical (unpaired) electrons. The number of hydrogen-bond donors (Lipinski definition) is 0. The van der Waals surface area contributed by atoms with E-state index in [4.69, 9.17) is 23.2 Å². The highest BCUT2D eigenvalue weighted by Crippen LogP contribution is 2.42. The van der Waals surface area contributed by atoms with Crippen molar-refractivity contribution in [3.8, 4) is 11.1 Å². The van der Waals surface area contributed by atoms with E-state index < -0.39 is 5.82 Å². The molecule has 0 saturated carbocycles. The van der Waals surface area contributed by atoms with Crippen LogP contribution in [0.25, 0.3) is 11.1 Å². The highest BCUT2D eigenvalue weighted by atomic mass is 35.5. The Morgan fingerprint density at radius 3 is 2.48 bits per heavy atom. The van der Waals surface area contributed by atoms with Crippen LogP contribution in [0.2, 0.25) is 10.2 Å². The maximum atomic E-state index is 14.4. The Kier molecular flexibility index (Phi) is 4.74. The summed E-state index contributed by atoms with van der Waals surface area (Å²) in [7, 11) is 0. The predicted molar refractivity (Wildman–Crippen MR) is 92.8 cm³/mol. The maximum absolute atomic E-state index is 14.4. The predicted octanol–water partition coefficient (Wildman–Crippen LogP) is 5.13. The van der Waals surface area contributed by atoms with Crippen LogP contribution in [0.4, 0.5) is 10.1 Å². The second-order valence-corrected chi connectivity index (χ2v) is 6.83. The standard InChI is InChI=1S/C17H18Cl2FN3/c1-10-6-8-23(9-7-10)16-11(2)21-22-17(19)15(16)14-12(18)4-3-5-13(14)20/h3-5,10H,6-9H2,1-2H3. The Hall–Kier alpha value is -1.39. The van der Waals surface area contributed by atoms with Gasteiger partial charge >= 0.3 is 0 Å². The lowest BCUT2D eigenvalue weighted by Crippen LogP contribution is -2.34. The summed E-state index contributed by atoms with van der Waals surface area (Å²) in [5.41, 5.74) is 2.41. The number of aryl methyl sites for hydroxylation is 1. The highest BCUT2D eigenvalue weighted by molar-refractivity contribution is 6.36. The van der Waals surface area contributed by atoms with E-state index >= 15 is 0 Å². The van der Waals surface area contributed by atoms with Crippen LogP contribution in [0.15, 0.2) is 18.2 Å². The van der Waals surface area contributed by atoms with Crippen molar-refractivity contribution in [2.75, 3.05) is 18.0 Å². The van der Waals surface area contributed by atoms with Crippen molar-refractivity contribution in [3.05, 3.63) is 39.9 Å². The Balaban J connectivity index is 2.19. The fraction of sp³-hybridized carbons (Fsp3) is 0.412. The lowest BCUT2D eigenvalue weighted by atomic mass is 9.96. The molecule has 3 rings (SSSR count). The molecule has 2 aromatic rings. The molecule has 2 heterocycles. The first-order valence-electron chi connectivity index (χ1n) is 7.71. The van der Waals surface area contributed by atoms with Crippen molar-refractivity contribution in [1.82, 2.24) is 10.2 Å². The third-order valence-electron chi connectivity index (χ3n) is 4.39. The normalized spacial score (nSPS) is 16.0. The van der Waals surface area contributed by atoms with Crippen molar-refractivity contribution in [2.45, 2.75) is 26.7 Å². The summed E-state index contributed by atoms with van der Waals surface area (Å²) in [6.45, 7) is 5.90. The van der Waals surface area contributed by atoms with Crippen LogP contribution in [0.3, 0.4) is 0 Å². The number of benzene rings is 1. The van der Waals surface area contributed by atoms with Crippen molar-refractivity contribution in [1.29, 1.82) is 0 Å². The first-order chi connectivity index (χ1) is 11.0. The minimum absolute atomic E-state index is 0.177. The van der Waals surface area contributed by atoms with Gasteiger partial charge in [0, 0.05) is 18.7 Å². The Bertz CT molecular complexity index is 708. The first-order valence-corrected chi connectivity index (χ1v) is 8.46. The molecule has 1 saturated heterocycles. The number of hydrogen-bond acceptors (Lipinski definition) is 3. The molecule has 0 aliphatic carbocycles. The van der Waals surface area contributed by atoms with Crippen molar-refractivity contribution < 1.29 is 4.39 Å². The number of nitrogens with zero attached hydrogens (tertiary/aromatic N) is 3. The summed E-state index contributed by atoms with van der Waals surface area (Å²) in [5, 5.41) is 8.60. The molecule has 0 amide bonds. The molecular formula is C17H18Cl2FN3. The molecule has 0 N–H and O–H groups in total. The molecule has 1 aromatic carbocycles. The van der Waals surface area contributed by atoms with Gasteiger partial charge in [-0.2, -0.15) is 5.10 Å². The fourth-order valence-electron chi connectivity index (χ4n) is 3.07. The zero-order valence-corrected chi connectivity index (χ0v) is 14.6. The SMILES string of the molecule is Cc1nnc(Cl)c(-c2c(F)cccc2Cl)c1N1CCC(C)CC1. The van der Waals surface area contributed by atoms with E-state index in [0.29, 0.717) is 22.1 Å². The van der Waals surface area contributed by atoms with Crippen LogP contribution in [0.5, 0.6) is 0 Å². The molecule has 1 aromatic heterocycles. The fourth-order valence-corrected chi connectivity index (χ4v) is 3.55. The topological polar surface area (TPSA) is 29.0 Å². The average Bonchev–Trinajstić information content (AvgIpc) is 2.52. The van der Waals surface area contributed by atoms with Crippen LogP contribution < -0.4 is 4.90 Å². The van der Waals surface area contributed by atoms with E-state index in [1.165, 1.54) is 6.07 Å². The Morgan fingerprint density at radius 2 is 1.83 bits per heavy atom. The van der Waals surface area contributed by atoms with Gasteiger partial charge in [-0.3, -0.25) is 0 Å². The minimum atomic E-state index is -0.404. The lowest BCUT2D eigenvalue weighted by Gasteiger charge is -2.34. The van der Waals surface area contributed by atoms with E-state index in [2.05, 4.69) is 22.0 Å². The summed E-state index contributed by atoms with van der Waals surface area (Å²) in [6, 6.07) is 4.63. The average molecular weight is 354 g/mol. The molecule has 0 atom stereocenters. The third-order valence-corrected chi connectivity index (χ3v) is 4.97. The first kappa shape index (κ1) is 16.5. The van der Waals surface area contributed by atoms with Gasteiger partial charge in [-0.15, -0.1) is 5.10 Å². The molecule has 1 fully saturated rings. The van der Waals surface area contributed by atoms with Gasteiger partial charge in [0.1, 0.15) is 5.82 Å². The number of halogens is 3. The van der Waals surface area contributed by atoms with Crippen molar-refractivity contribution >= 4 is 28.9 Å². The Labute approximate surface area is 145 Å². The van der Waals surface area contributed by atoms with E-state index in [0.717, 1.165) is 37.3 Å². The number of aromatic nitrogens is 2. The molecule has 0 spiro atoms. The molecule has 3 nitrogen and oxygen atoms in total. The summed E-state index contributed by atoms with van der Waals surface area (Å²) in [5.74, 6) is 0.288. The van der Waals surface area contributed by atoms with Gasteiger partial charge in [0.15, 0.2) is 5.15 Å².